The van der Waals surface area contributed by atoms with Gasteiger partial charge in [0.15, 0.2) is 0 Å². The quantitative estimate of drug-likeness (QED) is 0.0987. The fourth-order valence-electron chi connectivity index (χ4n) is 5.63. The smallest absolute Gasteiger partial charge is 0.440 e. The van der Waals surface area contributed by atoms with Crippen molar-refractivity contribution < 1.29 is 23.4 Å². The first-order valence-corrected chi connectivity index (χ1v) is 18.7. The number of esters is 1. The lowest BCUT2D eigenvalue weighted by Gasteiger charge is -2.26. The van der Waals surface area contributed by atoms with Crippen molar-refractivity contribution in [3.05, 3.63) is 114 Å². The molecule has 2 N–H and O–H groups in total. The van der Waals surface area contributed by atoms with E-state index >= 15 is 4.57 Å². The Bertz CT molecular complexity index is 2000. The number of amides is 1. The summed E-state index contributed by atoms with van der Waals surface area (Å²) in [5.41, 5.74) is 2.29. The van der Waals surface area contributed by atoms with E-state index in [4.69, 9.17) is 14.4 Å². The average molecular weight is 696 g/mol. The van der Waals surface area contributed by atoms with Crippen LogP contribution >= 0.6 is 19.4 Å². The summed E-state index contributed by atoms with van der Waals surface area (Å²) < 4.78 is 28.6. The largest absolute Gasteiger partial charge is 0.461 e. The molecule has 6 rings (SSSR count). The zero-order valence-corrected chi connectivity index (χ0v) is 29.0. The van der Waals surface area contributed by atoms with Crippen LogP contribution in [0.1, 0.15) is 60.8 Å². The van der Waals surface area contributed by atoms with Crippen molar-refractivity contribution in [3.8, 4) is 5.75 Å². The summed E-state index contributed by atoms with van der Waals surface area (Å²) >= 11 is 1.40. The number of ether oxygens (including phenoxy) is 1. The van der Waals surface area contributed by atoms with E-state index in [0.29, 0.717) is 27.9 Å². The Balaban J connectivity index is 1.43. The summed E-state index contributed by atoms with van der Waals surface area (Å²) in [7, 11) is -2.58. The average Bonchev–Trinajstić information content (AvgIpc) is 3.50. The normalized spacial score (nSPS) is 15.5. The van der Waals surface area contributed by atoms with Gasteiger partial charge in [-0.2, -0.15) is 9.55 Å². The number of carbonyl (C=O) groups is 2. The number of carbonyl (C=O) groups excluding carboxylic acids is 2. The highest BCUT2D eigenvalue weighted by atomic mass is 32.2. The van der Waals surface area contributed by atoms with Crippen LogP contribution in [0.2, 0.25) is 0 Å². The Morgan fingerprint density at radius 2 is 1.71 bits per heavy atom. The molecule has 1 aliphatic carbocycles. The molecule has 1 amide bonds. The molecule has 49 heavy (non-hydrogen) atoms. The Morgan fingerprint density at radius 1 is 0.959 bits per heavy atom. The summed E-state index contributed by atoms with van der Waals surface area (Å²) in [4.78, 5) is 31.9. The van der Waals surface area contributed by atoms with Gasteiger partial charge in [0.1, 0.15) is 17.9 Å². The van der Waals surface area contributed by atoms with E-state index in [-0.39, 0.29) is 12.0 Å². The third kappa shape index (κ3) is 8.31. The minimum absolute atomic E-state index is 0.161. The highest BCUT2D eigenvalue weighted by Crippen LogP contribution is 2.48. The van der Waals surface area contributed by atoms with Crippen molar-refractivity contribution in [2.75, 3.05) is 7.05 Å². The predicted octanol–water partition coefficient (Wildman–Crippen LogP) is 8.00. The molecule has 0 bridgehead atoms. The maximum Gasteiger partial charge on any atom is 0.440 e. The monoisotopic (exact) mass is 695 g/mol. The van der Waals surface area contributed by atoms with Gasteiger partial charge < -0.3 is 14.6 Å². The second kappa shape index (κ2) is 15.7. The van der Waals surface area contributed by atoms with Crippen LogP contribution in [-0.4, -0.2) is 45.6 Å². The molecular weight excluding hydrogens is 657 g/mol. The van der Waals surface area contributed by atoms with E-state index in [1.165, 1.54) is 16.2 Å². The Labute approximate surface area is 289 Å². The third-order valence-electron chi connectivity index (χ3n) is 8.12. The van der Waals surface area contributed by atoms with Crippen LogP contribution in [0.25, 0.3) is 23.1 Å². The number of rotatable bonds is 12. The SMILES string of the molecule is CNC(=O)c1ccccc1Sc1ccc2c(/C=C/c3ccccn3)nn(P(=O)(N[C@@H](C)C(=O)OC3CCCCC3)Oc3ccccc3)c2c1. The molecule has 0 aliphatic heterocycles. The second-order valence-electron chi connectivity index (χ2n) is 11.7. The fraction of sp³-hybridized carbons (Fsp3) is 0.243. The fourth-order valence-corrected chi connectivity index (χ4v) is 8.51. The first-order chi connectivity index (χ1) is 23.8. The molecule has 12 heteroatoms. The summed E-state index contributed by atoms with van der Waals surface area (Å²) in [6.45, 7) is 1.62. The highest BCUT2D eigenvalue weighted by Gasteiger charge is 2.36. The van der Waals surface area contributed by atoms with Crippen LogP contribution in [0.15, 0.2) is 107 Å². The number of fused-ring (bicyclic) bond motifs is 1. The van der Waals surface area contributed by atoms with E-state index in [0.717, 1.165) is 47.6 Å². The van der Waals surface area contributed by atoms with Gasteiger partial charge in [0.25, 0.3) is 5.91 Å². The van der Waals surface area contributed by atoms with Crippen LogP contribution < -0.4 is 14.9 Å². The summed E-state index contributed by atoms with van der Waals surface area (Å²) in [5.74, 6) is -0.363. The number of para-hydroxylation sites is 1. The Kier molecular flexibility index (Phi) is 10.9. The van der Waals surface area contributed by atoms with Crippen LogP contribution in [0.4, 0.5) is 0 Å². The topological polar surface area (TPSA) is 124 Å². The summed E-state index contributed by atoms with van der Waals surface area (Å²) in [6.07, 6.45) is 9.96. The molecule has 0 saturated heterocycles. The van der Waals surface area contributed by atoms with Crippen molar-refractivity contribution in [2.24, 2.45) is 0 Å². The summed E-state index contributed by atoms with van der Waals surface area (Å²) in [5, 5.41) is 11.2. The van der Waals surface area contributed by atoms with E-state index in [2.05, 4.69) is 15.4 Å². The van der Waals surface area contributed by atoms with Crippen molar-refractivity contribution in [1.82, 2.24) is 24.9 Å². The number of benzene rings is 3. The van der Waals surface area contributed by atoms with Gasteiger partial charge in [0.05, 0.1) is 22.5 Å². The number of nitrogens with one attached hydrogen (secondary N) is 2. The lowest BCUT2D eigenvalue weighted by molar-refractivity contribution is -0.152. The molecule has 0 radical (unpaired) electrons. The van der Waals surface area contributed by atoms with Gasteiger partial charge in [-0.05, 0) is 99.4 Å². The molecule has 1 fully saturated rings. The van der Waals surface area contributed by atoms with E-state index in [1.54, 1.807) is 50.5 Å². The highest BCUT2D eigenvalue weighted by molar-refractivity contribution is 7.99. The molecule has 5 aromatic rings. The van der Waals surface area contributed by atoms with E-state index in [9.17, 15) is 9.59 Å². The number of hydrogen-bond donors (Lipinski definition) is 2. The minimum Gasteiger partial charge on any atom is -0.461 e. The third-order valence-corrected chi connectivity index (χ3v) is 11.2. The molecule has 2 aromatic heterocycles. The van der Waals surface area contributed by atoms with Gasteiger partial charge in [-0.25, -0.2) is 9.65 Å². The van der Waals surface area contributed by atoms with Gasteiger partial charge in [0, 0.05) is 28.4 Å². The van der Waals surface area contributed by atoms with Crippen molar-refractivity contribution in [2.45, 2.75) is 61.0 Å². The Hall–Kier alpha value is -4.70. The zero-order valence-electron chi connectivity index (χ0n) is 27.3. The first kappa shape index (κ1) is 34.2. The number of aromatic nitrogens is 3. The molecule has 252 valence electrons. The van der Waals surface area contributed by atoms with Crippen molar-refractivity contribution >= 4 is 54.4 Å². The molecule has 1 saturated carbocycles. The van der Waals surface area contributed by atoms with Gasteiger partial charge in [-0.1, -0.05) is 54.6 Å². The zero-order chi connectivity index (χ0) is 34.2. The van der Waals surface area contributed by atoms with E-state index < -0.39 is 19.7 Å². The van der Waals surface area contributed by atoms with Crippen LogP contribution in [0, 0.1) is 0 Å². The molecule has 1 unspecified atom stereocenters. The maximum absolute atomic E-state index is 15.2. The molecule has 2 heterocycles. The van der Waals surface area contributed by atoms with Gasteiger partial charge in [0.2, 0.25) is 0 Å². The molecule has 1 aliphatic rings. The van der Waals surface area contributed by atoms with E-state index in [1.807, 2.05) is 72.8 Å². The molecule has 2 atom stereocenters. The standard InChI is InChI=1S/C37H38N5O5PS/c1-26(37(44)46-28-14-5-3-6-15-28)41-48(45,47-29-16-7-4-8-17-29)42-34-25-30(49-35-19-10-9-18-32(35)36(43)38-2)21-22-31(34)33(40-42)23-20-27-13-11-12-24-39-27/h4,7-13,16-26,28H,3,5-6,14-15H2,1-2H3,(H,38,43)(H,41,45)/b23-20+/t26-,48?/m0/s1. The minimum atomic E-state index is -4.18. The van der Waals surface area contributed by atoms with Crippen LogP contribution in [0.3, 0.4) is 0 Å². The predicted molar refractivity (Wildman–Crippen MR) is 192 cm³/mol. The first-order valence-electron chi connectivity index (χ1n) is 16.3. The number of hydrogen-bond acceptors (Lipinski definition) is 8. The lowest BCUT2D eigenvalue weighted by atomic mass is 9.98. The molecular formula is C37H38N5O5PS. The summed E-state index contributed by atoms with van der Waals surface area (Å²) in [6, 6.07) is 26.4. The number of pyridine rings is 1. The molecule has 0 spiro atoms. The van der Waals surface area contributed by atoms with Gasteiger partial charge >= 0.3 is 13.6 Å². The second-order valence-corrected chi connectivity index (χ2v) is 14.7. The van der Waals surface area contributed by atoms with Crippen molar-refractivity contribution in [1.29, 1.82) is 0 Å². The molecule has 3 aromatic carbocycles. The number of nitrogens with zero attached hydrogens (tertiary/aromatic N) is 3. The maximum atomic E-state index is 15.2. The van der Waals surface area contributed by atoms with Crippen LogP contribution in [-0.2, 0) is 14.1 Å². The van der Waals surface area contributed by atoms with Gasteiger partial charge in [-0.15, -0.1) is 0 Å². The van der Waals surface area contributed by atoms with Crippen molar-refractivity contribution in [3.63, 3.8) is 0 Å². The lowest BCUT2D eigenvalue weighted by Crippen LogP contribution is -2.38. The van der Waals surface area contributed by atoms with Gasteiger partial charge in [-0.3, -0.25) is 14.6 Å². The van der Waals surface area contributed by atoms with Crippen LogP contribution in [0.5, 0.6) is 5.75 Å². The molecule has 10 nitrogen and oxygen atoms in total. The Morgan fingerprint density at radius 3 is 2.47 bits per heavy atom.